The number of nitro groups is 1. The van der Waals surface area contributed by atoms with Crippen molar-refractivity contribution in [2.45, 2.75) is 0 Å². The molecule has 0 aliphatic rings. The van der Waals surface area contributed by atoms with Crippen molar-refractivity contribution >= 4 is 27.5 Å². The van der Waals surface area contributed by atoms with E-state index in [2.05, 4.69) is 0 Å². The Balaban J connectivity index is 2.61. The molecule has 2 aromatic carbocycles. The van der Waals surface area contributed by atoms with Crippen molar-refractivity contribution in [3.8, 4) is 0 Å². The van der Waals surface area contributed by atoms with Gasteiger partial charge in [-0.15, -0.1) is 0 Å². The molecule has 0 saturated carbocycles. The first-order valence-corrected chi connectivity index (χ1v) is 5.30. The summed E-state index contributed by atoms with van der Waals surface area (Å²) in [5, 5.41) is 13.0. The molecule has 0 unspecified atom stereocenters. The van der Waals surface area contributed by atoms with Gasteiger partial charge < -0.3 is 4.57 Å². The Morgan fingerprint density at radius 1 is 1.06 bits per heavy atom. The van der Waals surface area contributed by atoms with Crippen LogP contribution in [0.5, 0.6) is 0 Å². The third-order valence-corrected chi connectivity index (χ3v) is 3.10. The zero-order valence-corrected chi connectivity index (χ0v) is 9.25. The molecule has 0 spiro atoms. The van der Waals surface area contributed by atoms with Gasteiger partial charge in [-0.2, -0.15) is 0 Å². The smallest absolute Gasteiger partial charge is 0.293 e. The van der Waals surface area contributed by atoms with Gasteiger partial charge in [0.15, 0.2) is 0 Å². The Hall–Kier alpha value is -2.36. The highest BCUT2D eigenvalue weighted by Crippen LogP contribution is 2.33. The van der Waals surface area contributed by atoms with Gasteiger partial charge >= 0.3 is 0 Å². The Morgan fingerprint density at radius 3 is 2.53 bits per heavy atom. The average molecular weight is 226 g/mol. The molecule has 3 aromatic rings. The van der Waals surface area contributed by atoms with Crippen LogP contribution in [0.4, 0.5) is 5.69 Å². The second kappa shape index (κ2) is 3.31. The molecule has 0 saturated heterocycles. The summed E-state index contributed by atoms with van der Waals surface area (Å²) in [5.74, 6) is 0. The predicted molar refractivity (Wildman–Crippen MR) is 67.1 cm³/mol. The van der Waals surface area contributed by atoms with Gasteiger partial charge in [-0.05, 0) is 6.07 Å². The van der Waals surface area contributed by atoms with E-state index in [1.807, 2.05) is 41.9 Å². The zero-order valence-electron chi connectivity index (χ0n) is 9.25. The second-order valence-corrected chi connectivity index (χ2v) is 4.01. The number of hydrogen-bond donors (Lipinski definition) is 0. The largest absolute Gasteiger partial charge is 0.338 e. The monoisotopic (exact) mass is 226 g/mol. The molecule has 1 aromatic heterocycles. The highest BCUT2D eigenvalue weighted by Gasteiger charge is 2.17. The average Bonchev–Trinajstić information content (AvgIpc) is 2.64. The molecule has 4 nitrogen and oxygen atoms in total. The minimum absolute atomic E-state index is 0.154. The Kier molecular flexibility index (Phi) is 1.92. The van der Waals surface area contributed by atoms with E-state index in [9.17, 15) is 10.1 Å². The van der Waals surface area contributed by atoms with Crippen LogP contribution < -0.4 is 0 Å². The number of benzene rings is 2. The molecule has 0 fully saturated rings. The molecule has 4 heteroatoms. The van der Waals surface area contributed by atoms with Gasteiger partial charge in [-0.3, -0.25) is 10.1 Å². The number of nitro benzene ring substituents is 1. The van der Waals surface area contributed by atoms with Crippen LogP contribution in [-0.4, -0.2) is 9.49 Å². The van der Waals surface area contributed by atoms with E-state index in [1.165, 1.54) is 0 Å². The van der Waals surface area contributed by atoms with Gasteiger partial charge in [0.05, 0.1) is 4.92 Å². The maximum atomic E-state index is 11.0. The Morgan fingerprint density at radius 2 is 1.76 bits per heavy atom. The number of aryl methyl sites for hydroxylation is 1. The summed E-state index contributed by atoms with van der Waals surface area (Å²) >= 11 is 0. The highest BCUT2D eigenvalue weighted by molar-refractivity contribution is 6.10. The summed E-state index contributed by atoms with van der Waals surface area (Å²) in [6, 6.07) is 13.0. The van der Waals surface area contributed by atoms with Crippen LogP contribution in [0, 0.1) is 10.1 Å². The number of aromatic nitrogens is 1. The fourth-order valence-corrected chi connectivity index (χ4v) is 2.36. The van der Waals surface area contributed by atoms with Gasteiger partial charge in [0.2, 0.25) is 0 Å². The Labute approximate surface area is 97.2 Å². The van der Waals surface area contributed by atoms with Gasteiger partial charge in [0, 0.05) is 29.4 Å². The normalized spacial score (nSPS) is 11.1. The van der Waals surface area contributed by atoms with E-state index in [-0.39, 0.29) is 10.6 Å². The molecule has 17 heavy (non-hydrogen) atoms. The van der Waals surface area contributed by atoms with Gasteiger partial charge in [-0.1, -0.05) is 30.3 Å². The molecular weight excluding hydrogens is 216 g/mol. The van der Waals surface area contributed by atoms with E-state index >= 15 is 0 Å². The molecule has 0 atom stereocenters. The zero-order chi connectivity index (χ0) is 12.0. The van der Waals surface area contributed by atoms with E-state index in [4.69, 9.17) is 0 Å². The lowest BCUT2D eigenvalue weighted by Crippen LogP contribution is -1.93. The molecule has 0 amide bonds. The molecular formula is C13H10N2O2. The van der Waals surface area contributed by atoms with Crippen LogP contribution in [0.25, 0.3) is 21.8 Å². The maximum Gasteiger partial charge on any atom is 0.293 e. The lowest BCUT2D eigenvalue weighted by molar-refractivity contribution is -0.383. The number of hydrogen-bond acceptors (Lipinski definition) is 2. The Bertz CT molecular complexity index is 744. The van der Waals surface area contributed by atoms with E-state index in [0.717, 1.165) is 16.3 Å². The van der Waals surface area contributed by atoms with Crippen LogP contribution in [0.2, 0.25) is 0 Å². The fourth-order valence-electron chi connectivity index (χ4n) is 2.36. The first-order chi connectivity index (χ1) is 8.20. The third kappa shape index (κ3) is 1.24. The summed E-state index contributed by atoms with van der Waals surface area (Å²) in [4.78, 5) is 10.7. The predicted octanol–water partition coefficient (Wildman–Crippen LogP) is 3.24. The lowest BCUT2D eigenvalue weighted by Gasteiger charge is -1.98. The standard InChI is InChI=1S/C13H10N2O2/c1-14-11-7-3-2-5-9(11)10-6-4-8-12(13(10)14)15(16)17/h2-8H,1H3. The van der Waals surface area contributed by atoms with Crippen molar-refractivity contribution in [1.82, 2.24) is 4.57 Å². The molecule has 0 N–H and O–H groups in total. The summed E-state index contributed by atoms with van der Waals surface area (Å²) in [5.41, 5.74) is 1.84. The molecule has 0 radical (unpaired) electrons. The maximum absolute atomic E-state index is 11.0. The van der Waals surface area contributed by atoms with Crippen molar-refractivity contribution in [1.29, 1.82) is 0 Å². The van der Waals surface area contributed by atoms with E-state index in [1.54, 1.807) is 12.1 Å². The van der Waals surface area contributed by atoms with Crippen LogP contribution in [0.15, 0.2) is 42.5 Å². The van der Waals surface area contributed by atoms with Crippen molar-refractivity contribution in [2.24, 2.45) is 7.05 Å². The van der Waals surface area contributed by atoms with Crippen LogP contribution in [-0.2, 0) is 7.05 Å². The number of nitrogens with zero attached hydrogens (tertiary/aromatic N) is 2. The topological polar surface area (TPSA) is 48.1 Å². The second-order valence-electron chi connectivity index (χ2n) is 4.01. The van der Waals surface area contributed by atoms with Crippen molar-refractivity contribution in [3.05, 3.63) is 52.6 Å². The van der Waals surface area contributed by atoms with E-state index < -0.39 is 0 Å². The number of rotatable bonds is 1. The minimum Gasteiger partial charge on any atom is -0.338 e. The van der Waals surface area contributed by atoms with Crippen LogP contribution in [0.3, 0.4) is 0 Å². The first-order valence-electron chi connectivity index (χ1n) is 5.30. The molecule has 0 aliphatic carbocycles. The van der Waals surface area contributed by atoms with Crippen molar-refractivity contribution in [3.63, 3.8) is 0 Å². The summed E-state index contributed by atoms with van der Waals surface area (Å²) in [6.45, 7) is 0. The quantitative estimate of drug-likeness (QED) is 0.472. The van der Waals surface area contributed by atoms with E-state index in [0.29, 0.717) is 5.52 Å². The number of non-ortho nitro benzene ring substituents is 1. The molecule has 3 rings (SSSR count). The lowest BCUT2D eigenvalue weighted by atomic mass is 10.1. The third-order valence-electron chi connectivity index (χ3n) is 3.10. The van der Waals surface area contributed by atoms with Crippen LogP contribution in [0.1, 0.15) is 0 Å². The van der Waals surface area contributed by atoms with Crippen molar-refractivity contribution in [2.75, 3.05) is 0 Å². The molecule has 84 valence electrons. The van der Waals surface area contributed by atoms with Gasteiger partial charge in [0.25, 0.3) is 5.69 Å². The van der Waals surface area contributed by atoms with Gasteiger partial charge in [0.1, 0.15) is 5.52 Å². The first kappa shape index (κ1) is 9.84. The summed E-state index contributed by atoms with van der Waals surface area (Å²) < 4.78 is 1.88. The molecule has 0 bridgehead atoms. The summed E-state index contributed by atoms with van der Waals surface area (Å²) in [7, 11) is 1.86. The minimum atomic E-state index is -0.332. The van der Waals surface area contributed by atoms with Crippen LogP contribution >= 0.6 is 0 Å². The fraction of sp³-hybridized carbons (Fsp3) is 0.0769. The number of para-hydroxylation sites is 2. The molecule has 1 heterocycles. The highest BCUT2D eigenvalue weighted by atomic mass is 16.6. The van der Waals surface area contributed by atoms with Gasteiger partial charge in [-0.25, -0.2) is 0 Å². The SMILES string of the molecule is Cn1c2ccccc2c2cccc([N+](=O)[O-])c21. The number of fused-ring (bicyclic) bond motifs is 3. The summed E-state index contributed by atoms with van der Waals surface area (Å²) in [6.07, 6.45) is 0. The van der Waals surface area contributed by atoms with Crippen molar-refractivity contribution < 1.29 is 4.92 Å². The molecule has 0 aliphatic heterocycles.